The maximum Gasteiger partial charge on any atom is 0.312 e. The van der Waals surface area contributed by atoms with E-state index in [4.69, 9.17) is 0 Å². The predicted octanol–water partition coefficient (Wildman–Crippen LogP) is 3.02. The summed E-state index contributed by atoms with van der Waals surface area (Å²) in [7, 11) is 0. The lowest BCUT2D eigenvalue weighted by Gasteiger charge is -2.28. The molecule has 0 aliphatic heterocycles. The number of carboxylic acid groups (broad SMARTS) is 1. The van der Waals surface area contributed by atoms with Crippen LogP contribution in [0.5, 0.6) is 0 Å². The summed E-state index contributed by atoms with van der Waals surface area (Å²) >= 11 is 0. The third-order valence-electron chi connectivity index (χ3n) is 4.05. The molecule has 3 unspecified atom stereocenters. The second-order valence-corrected chi connectivity index (χ2v) is 5.68. The number of hydrogen-bond acceptors (Lipinski definition) is 2. The SMILES string of the molecule is CC1CCCC(NCC(C(=O)O)c2ccccc2)C1. The van der Waals surface area contributed by atoms with Crippen LogP contribution in [-0.2, 0) is 4.79 Å². The maximum absolute atomic E-state index is 11.4. The Kier molecular flexibility index (Phi) is 4.97. The van der Waals surface area contributed by atoms with Gasteiger partial charge in [-0.1, -0.05) is 50.1 Å². The van der Waals surface area contributed by atoms with Crippen molar-refractivity contribution in [1.82, 2.24) is 5.32 Å². The van der Waals surface area contributed by atoms with Gasteiger partial charge >= 0.3 is 5.97 Å². The first-order chi connectivity index (χ1) is 9.16. The summed E-state index contributed by atoms with van der Waals surface area (Å²) in [6, 6.07) is 9.98. The first-order valence-electron chi connectivity index (χ1n) is 7.18. The van der Waals surface area contributed by atoms with Crippen LogP contribution in [-0.4, -0.2) is 23.7 Å². The Labute approximate surface area is 115 Å². The van der Waals surface area contributed by atoms with Gasteiger partial charge in [0.15, 0.2) is 0 Å². The molecule has 3 nitrogen and oxygen atoms in total. The number of aliphatic carboxylic acids is 1. The summed E-state index contributed by atoms with van der Waals surface area (Å²) in [5.74, 6) is -0.438. The van der Waals surface area contributed by atoms with Crippen molar-refractivity contribution in [3.8, 4) is 0 Å². The summed E-state index contributed by atoms with van der Waals surface area (Å²) < 4.78 is 0. The molecular weight excluding hydrogens is 238 g/mol. The fourth-order valence-corrected chi connectivity index (χ4v) is 2.94. The van der Waals surface area contributed by atoms with Crippen LogP contribution in [0, 0.1) is 5.92 Å². The van der Waals surface area contributed by atoms with Crippen LogP contribution in [0.25, 0.3) is 0 Å². The lowest BCUT2D eigenvalue weighted by Crippen LogP contribution is -2.37. The number of hydrogen-bond donors (Lipinski definition) is 2. The largest absolute Gasteiger partial charge is 0.481 e. The third kappa shape index (κ3) is 4.06. The zero-order valence-corrected chi connectivity index (χ0v) is 11.5. The van der Waals surface area contributed by atoms with Crippen LogP contribution in [0.2, 0.25) is 0 Å². The van der Waals surface area contributed by atoms with Gasteiger partial charge in [0.25, 0.3) is 0 Å². The Morgan fingerprint density at radius 1 is 1.37 bits per heavy atom. The van der Waals surface area contributed by atoms with Gasteiger partial charge in [-0.25, -0.2) is 0 Å². The molecule has 0 spiro atoms. The van der Waals surface area contributed by atoms with Crippen LogP contribution >= 0.6 is 0 Å². The monoisotopic (exact) mass is 261 g/mol. The Morgan fingerprint density at radius 3 is 2.74 bits per heavy atom. The van der Waals surface area contributed by atoms with E-state index in [9.17, 15) is 9.90 Å². The van der Waals surface area contributed by atoms with Gasteiger partial charge in [-0.15, -0.1) is 0 Å². The number of carbonyl (C=O) groups is 1. The van der Waals surface area contributed by atoms with Gasteiger partial charge in [-0.05, 0) is 24.3 Å². The second-order valence-electron chi connectivity index (χ2n) is 5.68. The highest BCUT2D eigenvalue weighted by molar-refractivity contribution is 5.76. The molecule has 1 aliphatic carbocycles. The highest BCUT2D eigenvalue weighted by atomic mass is 16.4. The van der Waals surface area contributed by atoms with E-state index >= 15 is 0 Å². The van der Waals surface area contributed by atoms with E-state index in [1.165, 1.54) is 25.7 Å². The van der Waals surface area contributed by atoms with E-state index in [0.717, 1.165) is 11.5 Å². The van der Waals surface area contributed by atoms with Gasteiger partial charge in [0.1, 0.15) is 0 Å². The molecule has 0 heterocycles. The van der Waals surface area contributed by atoms with Crippen molar-refractivity contribution in [3.05, 3.63) is 35.9 Å². The zero-order valence-electron chi connectivity index (χ0n) is 11.5. The Bertz CT molecular complexity index is 404. The second kappa shape index (κ2) is 6.71. The molecule has 2 rings (SSSR count). The lowest BCUT2D eigenvalue weighted by atomic mass is 9.86. The predicted molar refractivity (Wildman–Crippen MR) is 76.2 cm³/mol. The van der Waals surface area contributed by atoms with Gasteiger partial charge in [0.05, 0.1) is 5.92 Å². The standard InChI is InChI=1S/C16H23NO2/c1-12-6-5-9-14(10-12)17-11-15(16(18)19)13-7-3-2-4-8-13/h2-4,7-8,12,14-15,17H,5-6,9-11H2,1H3,(H,18,19). The van der Waals surface area contributed by atoms with E-state index in [2.05, 4.69) is 12.2 Å². The first-order valence-corrected chi connectivity index (χ1v) is 7.18. The molecule has 0 aromatic heterocycles. The Morgan fingerprint density at radius 2 is 2.11 bits per heavy atom. The number of nitrogens with one attached hydrogen (secondary N) is 1. The van der Waals surface area contributed by atoms with Crippen LogP contribution in [0.4, 0.5) is 0 Å². The molecule has 3 heteroatoms. The van der Waals surface area contributed by atoms with Gasteiger partial charge in [-0.3, -0.25) is 4.79 Å². The number of carboxylic acids is 1. The van der Waals surface area contributed by atoms with Crippen molar-refractivity contribution >= 4 is 5.97 Å². The lowest BCUT2D eigenvalue weighted by molar-refractivity contribution is -0.138. The molecule has 1 aromatic rings. The summed E-state index contributed by atoms with van der Waals surface area (Å²) in [5.41, 5.74) is 0.881. The zero-order chi connectivity index (χ0) is 13.7. The van der Waals surface area contributed by atoms with E-state index in [0.29, 0.717) is 12.6 Å². The normalized spacial score (nSPS) is 24.9. The molecule has 1 aromatic carbocycles. The smallest absolute Gasteiger partial charge is 0.312 e. The minimum absolute atomic E-state index is 0.446. The van der Waals surface area contributed by atoms with Crippen molar-refractivity contribution in [2.45, 2.75) is 44.6 Å². The topological polar surface area (TPSA) is 49.3 Å². The molecule has 1 saturated carbocycles. The summed E-state index contributed by atoms with van der Waals surface area (Å²) in [6.45, 7) is 2.80. The van der Waals surface area contributed by atoms with Crippen molar-refractivity contribution < 1.29 is 9.90 Å². The number of rotatable bonds is 5. The highest BCUT2D eigenvalue weighted by Crippen LogP contribution is 2.24. The van der Waals surface area contributed by atoms with Gasteiger partial charge < -0.3 is 10.4 Å². The molecule has 0 bridgehead atoms. The van der Waals surface area contributed by atoms with Gasteiger partial charge in [-0.2, -0.15) is 0 Å². The van der Waals surface area contributed by atoms with Crippen molar-refractivity contribution in [2.24, 2.45) is 5.92 Å². The average Bonchev–Trinajstić information content (AvgIpc) is 2.40. The van der Waals surface area contributed by atoms with Crippen LogP contribution in [0.1, 0.15) is 44.1 Å². The Hall–Kier alpha value is -1.35. The van der Waals surface area contributed by atoms with Gasteiger partial charge in [0.2, 0.25) is 0 Å². The van der Waals surface area contributed by atoms with Gasteiger partial charge in [0, 0.05) is 12.6 Å². The van der Waals surface area contributed by atoms with Crippen molar-refractivity contribution in [3.63, 3.8) is 0 Å². The van der Waals surface area contributed by atoms with E-state index in [1.807, 2.05) is 30.3 Å². The summed E-state index contributed by atoms with van der Waals surface area (Å²) in [5, 5.41) is 12.8. The molecule has 0 amide bonds. The fraction of sp³-hybridized carbons (Fsp3) is 0.562. The van der Waals surface area contributed by atoms with E-state index < -0.39 is 11.9 Å². The minimum Gasteiger partial charge on any atom is -0.481 e. The van der Waals surface area contributed by atoms with Crippen LogP contribution in [0.15, 0.2) is 30.3 Å². The third-order valence-corrected chi connectivity index (χ3v) is 4.05. The first kappa shape index (κ1) is 14.1. The fourth-order valence-electron chi connectivity index (χ4n) is 2.94. The average molecular weight is 261 g/mol. The molecule has 19 heavy (non-hydrogen) atoms. The van der Waals surface area contributed by atoms with E-state index in [1.54, 1.807) is 0 Å². The molecule has 2 N–H and O–H groups in total. The molecule has 1 aliphatic rings. The van der Waals surface area contributed by atoms with Crippen molar-refractivity contribution in [1.29, 1.82) is 0 Å². The quantitative estimate of drug-likeness (QED) is 0.856. The summed E-state index contributed by atoms with van der Waals surface area (Å²) in [4.78, 5) is 11.4. The minimum atomic E-state index is -0.748. The highest BCUT2D eigenvalue weighted by Gasteiger charge is 2.23. The molecular formula is C16H23NO2. The molecule has 104 valence electrons. The van der Waals surface area contributed by atoms with Crippen LogP contribution < -0.4 is 5.32 Å². The molecule has 3 atom stereocenters. The molecule has 0 saturated heterocycles. The molecule has 0 radical (unpaired) electrons. The van der Waals surface area contributed by atoms with E-state index in [-0.39, 0.29) is 0 Å². The maximum atomic E-state index is 11.4. The van der Waals surface area contributed by atoms with Crippen molar-refractivity contribution in [2.75, 3.05) is 6.54 Å². The Balaban J connectivity index is 1.93. The summed E-state index contributed by atoms with van der Waals surface area (Å²) in [6.07, 6.45) is 4.90. The number of benzene rings is 1. The molecule has 1 fully saturated rings. The van der Waals surface area contributed by atoms with Crippen LogP contribution in [0.3, 0.4) is 0 Å².